The predicted molar refractivity (Wildman–Crippen MR) is 72.3 cm³/mol. The first-order chi connectivity index (χ1) is 8.38. The van der Waals surface area contributed by atoms with Gasteiger partial charge in [-0.05, 0) is 31.4 Å². The van der Waals surface area contributed by atoms with Gasteiger partial charge in [0.1, 0.15) is 5.01 Å². The maximum atomic E-state index is 4.70. The summed E-state index contributed by atoms with van der Waals surface area (Å²) < 4.78 is 0. The first kappa shape index (κ1) is 10.9. The predicted octanol–water partition coefficient (Wildman–Crippen LogP) is 3.41. The van der Waals surface area contributed by atoms with Crippen molar-refractivity contribution in [1.82, 2.24) is 10.3 Å². The minimum absolute atomic E-state index is 0.780. The summed E-state index contributed by atoms with van der Waals surface area (Å²) in [7, 11) is 1.96. The molecule has 0 saturated heterocycles. The normalized spacial score (nSPS) is 15.1. The fourth-order valence-electron chi connectivity index (χ4n) is 2.14. The van der Waals surface area contributed by atoms with E-state index in [0.29, 0.717) is 0 Å². The number of thiazole rings is 1. The molecule has 0 amide bonds. The zero-order valence-electron chi connectivity index (χ0n) is 9.94. The molecule has 1 fully saturated rings. The molecule has 1 saturated carbocycles. The van der Waals surface area contributed by atoms with Gasteiger partial charge in [0.15, 0.2) is 0 Å². The molecule has 2 aromatic rings. The Balaban J connectivity index is 1.96. The summed E-state index contributed by atoms with van der Waals surface area (Å²) in [4.78, 5) is 4.70. The molecule has 1 aromatic carbocycles. The van der Waals surface area contributed by atoms with Gasteiger partial charge < -0.3 is 5.32 Å². The fourth-order valence-corrected chi connectivity index (χ4v) is 3.00. The molecular formula is C14H16N2S. The molecule has 3 rings (SSSR count). The minimum atomic E-state index is 0.780. The topological polar surface area (TPSA) is 24.9 Å². The molecule has 0 unspecified atom stereocenters. The van der Waals surface area contributed by atoms with Crippen molar-refractivity contribution in [1.29, 1.82) is 0 Å². The largest absolute Gasteiger partial charge is 0.314 e. The molecule has 0 spiro atoms. The summed E-state index contributed by atoms with van der Waals surface area (Å²) in [6.45, 7) is 0.849. The summed E-state index contributed by atoms with van der Waals surface area (Å²) in [6.07, 6.45) is 2.68. The highest BCUT2D eigenvalue weighted by atomic mass is 32.1. The first-order valence-electron chi connectivity index (χ1n) is 6.07. The van der Waals surface area contributed by atoms with Crippen molar-refractivity contribution in [2.24, 2.45) is 0 Å². The van der Waals surface area contributed by atoms with E-state index < -0.39 is 0 Å². The second kappa shape index (κ2) is 4.59. The van der Waals surface area contributed by atoms with E-state index in [1.54, 1.807) is 11.3 Å². The lowest BCUT2D eigenvalue weighted by molar-refractivity contribution is 0.798. The van der Waals surface area contributed by atoms with Gasteiger partial charge in [-0.25, -0.2) is 4.98 Å². The molecule has 2 nitrogen and oxygen atoms in total. The number of nitrogens with one attached hydrogen (secondary N) is 1. The van der Waals surface area contributed by atoms with Crippen molar-refractivity contribution in [2.75, 3.05) is 7.05 Å². The van der Waals surface area contributed by atoms with Crippen LogP contribution in [0.5, 0.6) is 0 Å². The van der Waals surface area contributed by atoms with Gasteiger partial charge in [0, 0.05) is 17.5 Å². The third-order valence-electron chi connectivity index (χ3n) is 3.12. The summed E-state index contributed by atoms with van der Waals surface area (Å²) in [5, 5.41) is 6.46. The van der Waals surface area contributed by atoms with Crippen molar-refractivity contribution in [2.45, 2.75) is 25.3 Å². The second-order valence-electron chi connectivity index (χ2n) is 4.54. The molecule has 88 valence electrons. The highest BCUT2D eigenvalue weighted by Gasteiger charge is 2.26. The number of hydrogen-bond donors (Lipinski definition) is 1. The van der Waals surface area contributed by atoms with Crippen LogP contribution in [0.25, 0.3) is 10.6 Å². The molecule has 1 aliphatic carbocycles. The lowest BCUT2D eigenvalue weighted by atomic mass is 10.0. The van der Waals surface area contributed by atoms with Gasteiger partial charge in [-0.15, -0.1) is 11.3 Å². The maximum absolute atomic E-state index is 4.70. The van der Waals surface area contributed by atoms with E-state index in [0.717, 1.165) is 23.2 Å². The highest BCUT2D eigenvalue weighted by molar-refractivity contribution is 7.13. The Bertz CT molecular complexity index is 514. The van der Waals surface area contributed by atoms with Crippen LogP contribution in [0.2, 0.25) is 0 Å². The molecule has 17 heavy (non-hydrogen) atoms. The molecule has 0 atom stereocenters. The summed E-state index contributed by atoms with van der Waals surface area (Å²) >= 11 is 1.75. The van der Waals surface area contributed by atoms with Crippen molar-refractivity contribution < 1.29 is 0 Å². The third-order valence-corrected chi connectivity index (χ3v) is 4.04. The lowest BCUT2D eigenvalue weighted by Gasteiger charge is -2.04. The third kappa shape index (κ3) is 2.26. The van der Waals surface area contributed by atoms with Gasteiger partial charge in [0.05, 0.1) is 5.69 Å². The van der Waals surface area contributed by atoms with E-state index in [4.69, 9.17) is 4.98 Å². The van der Waals surface area contributed by atoms with Gasteiger partial charge in [0.2, 0.25) is 0 Å². The Morgan fingerprint density at radius 2 is 2.18 bits per heavy atom. The van der Waals surface area contributed by atoms with Crippen LogP contribution in [0, 0.1) is 0 Å². The van der Waals surface area contributed by atoms with E-state index in [-0.39, 0.29) is 0 Å². The summed E-state index contributed by atoms with van der Waals surface area (Å²) in [5.74, 6) is 0.780. The zero-order chi connectivity index (χ0) is 11.7. The van der Waals surface area contributed by atoms with E-state index in [1.165, 1.54) is 24.0 Å². The van der Waals surface area contributed by atoms with Crippen LogP contribution >= 0.6 is 11.3 Å². The van der Waals surface area contributed by atoms with Crippen LogP contribution in [-0.2, 0) is 6.54 Å². The standard InChI is InChI=1S/C14H16N2S/c1-15-8-11-9-17-14(16-11)13-5-3-2-4-12(13)10-6-7-10/h2-5,9-10,15H,6-8H2,1H3. The van der Waals surface area contributed by atoms with Crippen LogP contribution < -0.4 is 5.32 Å². The van der Waals surface area contributed by atoms with E-state index in [9.17, 15) is 0 Å². The van der Waals surface area contributed by atoms with Gasteiger partial charge in [0.25, 0.3) is 0 Å². The number of benzene rings is 1. The highest BCUT2D eigenvalue weighted by Crippen LogP contribution is 2.44. The molecule has 0 bridgehead atoms. The van der Waals surface area contributed by atoms with Gasteiger partial charge in [-0.2, -0.15) is 0 Å². The molecular weight excluding hydrogens is 228 g/mol. The average molecular weight is 244 g/mol. The summed E-state index contributed by atoms with van der Waals surface area (Å²) in [5.41, 5.74) is 3.96. The Kier molecular flexibility index (Phi) is 2.95. The van der Waals surface area contributed by atoms with E-state index >= 15 is 0 Å². The second-order valence-corrected chi connectivity index (χ2v) is 5.39. The first-order valence-corrected chi connectivity index (χ1v) is 6.94. The molecule has 0 radical (unpaired) electrons. The number of nitrogens with zero attached hydrogens (tertiary/aromatic N) is 1. The quantitative estimate of drug-likeness (QED) is 0.891. The van der Waals surface area contributed by atoms with Crippen LogP contribution in [0.3, 0.4) is 0 Å². The average Bonchev–Trinajstić information content (AvgIpc) is 3.10. The Morgan fingerprint density at radius 1 is 1.35 bits per heavy atom. The summed E-state index contributed by atoms with van der Waals surface area (Å²) in [6, 6.07) is 8.71. The van der Waals surface area contributed by atoms with Gasteiger partial charge >= 0.3 is 0 Å². The SMILES string of the molecule is CNCc1csc(-c2ccccc2C2CC2)n1. The van der Waals surface area contributed by atoms with Crippen LogP contribution in [-0.4, -0.2) is 12.0 Å². The smallest absolute Gasteiger partial charge is 0.123 e. The maximum Gasteiger partial charge on any atom is 0.123 e. The molecule has 3 heteroatoms. The van der Waals surface area contributed by atoms with Crippen LogP contribution in [0.4, 0.5) is 0 Å². The number of hydrogen-bond acceptors (Lipinski definition) is 3. The van der Waals surface area contributed by atoms with Crippen LogP contribution in [0.1, 0.15) is 30.0 Å². The van der Waals surface area contributed by atoms with Crippen molar-refractivity contribution in [3.63, 3.8) is 0 Å². The minimum Gasteiger partial charge on any atom is -0.314 e. The van der Waals surface area contributed by atoms with Crippen LogP contribution in [0.15, 0.2) is 29.6 Å². The van der Waals surface area contributed by atoms with Crippen molar-refractivity contribution >= 4 is 11.3 Å². The number of rotatable bonds is 4. The monoisotopic (exact) mass is 244 g/mol. The zero-order valence-corrected chi connectivity index (χ0v) is 10.8. The Morgan fingerprint density at radius 3 is 2.94 bits per heavy atom. The molecule has 1 heterocycles. The molecule has 0 aliphatic heterocycles. The Labute approximate surface area is 106 Å². The fraction of sp³-hybridized carbons (Fsp3) is 0.357. The lowest BCUT2D eigenvalue weighted by Crippen LogP contribution is -2.04. The molecule has 1 aliphatic rings. The molecule has 1 aromatic heterocycles. The number of aromatic nitrogens is 1. The molecule has 1 N–H and O–H groups in total. The van der Waals surface area contributed by atoms with E-state index in [2.05, 4.69) is 35.0 Å². The van der Waals surface area contributed by atoms with Gasteiger partial charge in [-0.3, -0.25) is 0 Å². The van der Waals surface area contributed by atoms with E-state index in [1.807, 2.05) is 7.05 Å². The van der Waals surface area contributed by atoms with Gasteiger partial charge in [-0.1, -0.05) is 24.3 Å². The Hall–Kier alpha value is -1.19. The van der Waals surface area contributed by atoms with Crippen molar-refractivity contribution in [3.8, 4) is 10.6 Å². The van der Waals surface area contributed by atoms with Crippen molar-refractivity contribution in [3.05, 3.63) is 40.9 Å².